The molecule has 2 aromatic rings. The number of H-pyrrole nitrogens is 1. The zero-order valence-corrected chi connectivity index (χ0v) is 12.0. The van der Waals surface area contributed by atoms with Gasteiger partial charge in [-0.15, -0.1) is 0 Å². The molecule has 1 heterocycles. The number of carbonyl (C=O) groups is 1. The van der Waals surface area contributed by atoms with Crippen LogP contribution in [0.25, 0.3) is 0 Å². The topological polar surface area (TPSA) is 70.9 Å². The van der Waals surface area contributed by atoms with E-state index >= 15 is 0 Å². The number of amides is 1. The van der Waals surface area contributed by atoms with Crippen LogP contribution in [-0.4, -0.2) is 10.9 Å². The monoisotopic (exact) mass is 347 g/mol. The maximum Gasteiger partial charge on any atom is 0.272 e. The van der Waals surface area contributed by atoms with E-state index in [2.05, 4.69) is 26.2 Å². The first kappa shape index (κ1) is 13.3. The van der Waals surface area contributed by atoms with Gasteiger partial charge in [0.25, 0.3) is 5.91 Å². The molecular formula is C11H8BrCl2N3O. The Labute approximate surface area is 122 Å². The van der Waals surface area contributed by atoms with E-state index < -0.39 is 0 Å². The smallest absolute Gasteiger partial charge is 0.272 e. The van der Waals surface area contributed by atoms with Crippen molar-refractivity contribution in [1.29, 1.82) is 0 Å². The first-order valence-electron chi connectivity index (χ1n) is 4.87. The molecule has 4 nitrogen and oxygen atoms in total. The minimum Gasteiger partial charge on any atom is -0.397 e. The van der Waals surface area contributed by atoms with E-state index in [0.717, 1.165) is 4.47 Å². The number of aromatic amines is 1. The number of nitrogens with one attached hydrogen (secondary N) is 2. The Morgan fingerprint density at radius 2 is 1.89 bits per heavy atom. The van der Waals surface area contributed by atoms with Crippen molar-refractivity contribution in [3.8, 4) is 0 Å². The number of carbonyl (C=O) groups excluding carboxylic acids is 1. The lowest BCUT2D eigenvalue weighted by atomic mass is 10.3. The zero-order valence-electron chi connectivity index (χ0n) is 8.93. The summed E-state index contributed by atoms with van der Waals surface area (Å²) < 4.78 is 0.736. The Bertz CT molecular complexity index is 589. The molecule has 1 aromatic heterocycles. The highest BCUT2D eigenvalue weighted by Crippen LogP contribution is 2.34. The van der Waals surface area contributed by atoms with Gasteiger partial charge in [0.05, 0.1) is 15.7 Å². The summed E-state index contributed by atoms with van der Waals surface area (Å²) in [6, 6.07) is 4.81. The summed E-state index contributed by atoms with van der Waals surface area (Å²) in [4.78, 5) is 14.6. The molecule has 0 saturated heterocycles. The lowest BCUT2D eigenvalue weighted by molar-refractivity contribution is 0.102. The molecule has 0 unspecified atom stereocenters. The van der Waals surface area contributed by atoms with Crippen LogP contribution >= 0.6 is 39.1 Å². The van der Waals surface area contributed by atoms with Crippen molar-refractivity contribution in [3.05, 3.63) is 44.6 Å². The standard InChI is InChI=1S/C11H8BrCl2N3O/c12-5-1-7(13)10(8(14)2-5)17-11(18)9-3-6(15)4-16-9/h1-4,16H,15H2,(H,17,18). The summed E-state index contributed by atoms with van der Waals surface area (Å²) in [6.07, 6.45) is 1.53. The van der Waals surface area contributed by atoms with Crippen LogP contribution in [0.3, 0.4) is 0 Å². The number of benzene rings is 1. The van der Waals surface area contributed by atoms with Crippen LogP contribution in [0.1, 0.15) is 10.5 Å². The number of halogens is 3. The Morgan fingerprint density at radius 1 is 1.28 bits per heavy atom. The molecule has 0 aliphatic heterocycles. The lowest BCUT2D eigenvalue weighted by Crippen LogP contribution is -2.13. The molecule has 0 radical (unpaired) electrons. The van der Waals surface area contributed by atoms with E-state index in [9.17, 15) is 4.79 Å². The quantitative estimate of drug-likeness (QED) is 0.769. The molecule has 4 N–H and O–H groups in total. The van der Waals surface area contributed by atoms with Crippen molar-refractivity contribution in [2.75, 3.05) is 11.1 Å². The van der Waals surface area contributed by atoms with Crippen molar-refractivity contribution in [2.24, 2.45) is 0 Å². The van der Waals surface area contributed by atoms with Crippen LogP contribution < -0.4 is 11.1 Å². The van der Waals surface area contributed by atoms with Gasteiger partial charge < -0.3 is 16.0 Å². The number of nitrogens with two attached hydrogens (primary N) is 1. The second-order valence-electron chi connectivity index (χ2n) is 3.55. The summed E-state index contributed by atoms with van der Waals surface area (Å²) >= 11 is 15.3. The van der Waals surface area contributed by atoms with Crippen LogP contribution in [-0.2, 0) is 0 Å². The summed E-state index contributed by atoms with van der Waals surface area (Å²) in [7, 11) is 0. The minimum absolute atomic E-state index is 0.336. The predicted octanol–water partition coefficient (Wildman–Crippen LogP) is 3.92. The van der Waals surface area contributed by atoms with Gasteiger partial charge in [-0.1, -0.05) is 39.1 Å². The molecule has 7 heteroatoms. The first-order chi connectivity index (χ1) is 8.47. The summed E-state index contributed by atoms with van der Waals surface area (Å²) in [6.45, 7) is 0. The number of hydrogen-bond acceptors (Lipinski definition) is 2. The van der Waals surface area contributed by atoms with E-state index in [0.29, 0.717) is 27.1 Å². The van der Waals surface area contributed by atoms with Gasteiger partial charge in [-0.05, 0) is 18.2 Å². The Hall–Kier alpha value is -1.17. The van der Waals surface area contributed by atoms with E-state index in [-0.39, 0.29) is 5.91 Å². The summed E-state index contributed by atoms with van der Waals surface area (Å²) in [5.74, 6) is -0.363. The van der Waals surface area contributed by atoms with Gasteiger partial charge in [0.15, 0.2) is 0 Å². The lowest BCUT2D eigenvalue weighted by Gasteiger charge is -2.09. The van der Waals surface area contributed by atoms with Gasteiger partial charge >= 0.3 is 0 Å². The molecule has 0 aliphatic carbocycles. The van der Waals surface area contributed by atoms with Crippen LogP contribution in [0.2, 0.25) is 10.0 Å². The van der Waals surface area contributed by atoms with Gasteiger partial charge in [-0.25, -0.2) is 0 Å². The highest BCUT2D eigenvalue weighted by Gasteiger charge is 2.13. The van der Waals surface area contributed by atoms with E-state index in [1.807, 2.05) is 0 Å². The van der Waals surface area contributed by atoms with Crippen molar-refractivity contribution in [3.63, 3.8) is 0 Å². The maximum absolute atomic E-state index is 11.9. The molecule has 1 amide bonds. The van der Waals surface area contributed by atoms with Crippen LogP contribution in [0.4, 0.5) is 11.4 Å². The van der Waals surface area contributed by atoms with Crippen LogP contribution in [0, 0.1) is 0 Å². The molecule has 2 rings (SSSR count). The molecular weight excluding hydrogens is 341 g/mol. The average molecular weight is 349 g/mol. The summed E-state index contributed by atoms with van der Waals surface area (Å²) in [5.41, 5.74) is 6.70. The highest BCUT2D eigenvalue weighted by molar-refractivity contribution is 9.10. The molecule has 94 valence electrons. The third-order valence-corrected chi connectivity index (χ3v) is 3.25. The number of rotatable bonds is 2. The second-order valence-corrected chi connectivity index (χ2v) is 5.28. The first-order valence-corrected chi connectivity index (χ1v) is 6.42. The third-order valence-electron chi connectivity index (χ3n) is 2.20. The fraction of sp³-hybridized carbons (Fsp3) is 0. The SMILES string of the molecule is Nc1c[nH]c(C(=O)Nc2c(Cl)cc(Br)cc2Cl)c1. The number of anilines is 2. The van der Waals surface area contributed by atoms with E-state index in [1.165, 1.54) is 12.3 Å². The molecule has 0 fully saturated rings. The average Bonchev–Trinajstić information content (AvgIpc) is 2.70. The Kier molecular flexibility index (Phi) is 3.85. The van der Waals surface area contributed by atoms with Crippen molar-refractivity contribution >= 4 is 56.4 Å². The van der Waals surface area contributed by atoms with Crippen LogP contribution in [0.15, 0.2) is 28.9 Å². The van der Waals surface area contributed by atoms with E-state index in [4.69, 9.17) is 28.9 Å². The van der Waals surface area contributed by atoms with Gasteiger partial charge in [0.1, 0.15) is 5.69 Å². The fourth-order valence-electron chi connectivity index (χ4n) is 1.38. The van der Waals surface area contributed by atoms with Crippen molar-refractivity contribution in [1.82, 2.24) is 4.98 Å². The van der Waals surface area contributed by atoms with E-state index in [1.54, 1.807) is 12.1 Å². The molecule has 0 atom stereocenters. The van der Waals surface area contributed by atoms with Gasteiger partial charge in [0.2, 0.25) is 0 Å². The maximum atomic E-state index is 11.9. The van der Waals surface area contributed by atoms with Crippen molar-refractivity contribution in [2.45, 2.75) is 0 Å². The van der Waals surface area contributed by atoms with Gasteiger partial charge in [-0.3, -0.25) is 4.79 Å². The minimum atomic E-state index is -0.363. The molecule has 1 aromatic carbocycles. The number of nitrogen functional groups attached to an aromatic ring is 1. The summed E-state index contributed by atoms with van der Waals surface area (Å²) in [5, 5.41) is 3.32. The molecule has 0 aliphatic rings. The molecule has 18 heavy (non-hydrogen) atoms. The second kappa shape index (κ2) is 5.22. The Morgan fingerprint density at radius 3 is 2.39 bits per heavy atom. The Balaban J connectivity index is 2.27. The van der Waals surface area contributed by atoms with Gasteiger partial charge in [0, 0.05) is 16.4 Å². The normalized spacial score (nSPS) is 10.4. The molecule has 0 saturated carbocycles. The predicted molar refractivity (Wildman–Crippen MR) is 77.3 cm³/mol. The largest absolute Gasteiger partial charge is 0.397 e. The fourth-order valence-corrected chi connectivity index (χ4v) is 2.69. The van der Waals surface area contributed by atoms with Crippen LogP contribution in [0.5, 0.6) is 0 Å². The number of hydrogen-bond donors (Lipinski definition) is 3. The number of aromatic nitrogens is 1. The molecule has 0 spiro atoms. The van der Waals surface area contributed by atoms with Gasteiger partial charge in [-0.2, -0.15) is 0 Å². The zero-order chi connectivity index (χ0) is 13.3. The molecule has 0 bridgehead atoms. The van der Waals surface area contributed by atoms with Crippen molar-refractivity contribution < 1.29 is 4.79 Å². The third kappa shape index (κ3) is 2.80. The highest BCUT2D eigenvalue weighted by atomic mass is 79.9.